The van der Waals surface area contributed by atoms with Crippen LogP contribution in [-0.2, 0) is 0 Å². The van der Waals surface area contributed by atoms with Gasteiger partial charge in [-0.1, -0.05) is 56.9 Å². The van der Waals surface area contributed by atoms with Gasteiger partial charge in [-0.3, -0.25) is 0 Å². The van der Waals surface area contributed by atoms with E-state index in [0.717, 1.165) is 35.5 Å². The molecule has 0 aromatic heterocycles. The van der Waals surface area contributed by atoms with Crippen LogP contribution in [0.15, 0.2) is 23.8 Å². The normalized spacial score (nSPS) is 41.6. The molecule has 0 heteroatoms. The first kappa shape index (κ1) is 17.3. The molecule has 4 rings (SSSR count). The van der Waals surface area contributed by atoms with Gasteiger partial charge < -0.3 is 0 Å². The Morgan fingerprint density at radius 3 is 2.61 bits per heavy atom. The van der Waals surface area contributed by atoms with Crippen molar-refractivity contribution in [2.24, 2.45) is 35.5 Å². The molecule has 0 radical (unpaired) electrons. The van der Waals surface area contributed by atoms with Crippen molar-refractivity contribution in [1.82, 2.24) is 0 Å². The Hall–Kier alpha value is -0.520. The summed E-state index contributed by atoms with van der Waals surface area (Å²) < 4.78 is 0. The summed E-state index contributed by atoms with van der Waals surface area (Å²) in [5.41, 5.74) is 1.91. The summed E-state index contributed by atoms with van der Waals surface area (Å²) >= 11 is 0. The maximum Gasteiger partial charge on any atom is -0.0138 e. The van der Waals surface area contributed by atoms with Crippen molar-refractivity contribution in [3.8, 4) is 0 Å². The van der Waals surface area contributed by atoms with E-state index in [-0.39, 0.29) is 0 Å². The zero-order chi connectivity index (χ0) is 16.2. The van der Waals surface area contributed by atoms with Crippen LogP contribution in [0, 0.1) is 35.5 Å². The van der Waals surface area contributed by atoms with Crippen molar-refractivity contribution in [3.63, 3.8) is 0 Å². The first-order valence-electron chi connectivity index (χ1n) is 10.7. The molecule has 23 heavy (non-hydrogen) atoms. The third-order valence-corrected chi connectivity index (χ3v) is 7.45. The molecule has 3 saturated carbocycles. The maximum absolute atomic E-state index is 2.70. The van der Waals surface area contributed by atoms with E-state index in [1.54, 1.807) is 25.7 Å². The average Bonchev–Trinajstić information content (AvgIpc) is 2.62. The molecule has 0 saturated heterocycles. The lowest BCUT2D eigenvalue weighted by atomic mass is 9.49. The summed E-state index contributed by atoms with van der Waals surface area (Å²) in [6, 6.07) is 0. The SMILES string of the molecule is C/C=C\CCC1CC=C2CCC3CCCC4CCC1C2C34.CC. The van der Waals surface area contributed by atoms with Crippen molar-refractivity contribution in [1.29, 1.82) is 0 Å². The van der Waals surface area contributed by atoms with E-state index in [1.807, 2.05) is 19.4 Å². The standard InChI is InChI=1S/C21H32.C2H6/c1-2-3-4-6-15-9-10-18-12-11-16-7-5-8-17-13-14-19(15)21(18)20(16)17;1-2/h2-3,10,15-17,19-21H,4-9,11-14H2,1H3;1-2H3/b3-2-;. The molecule has 0 N–H and O–H groups in total. The molecule has 0 aromatic rings. The summed E-state index contributed by atoms with van der Waals surface area (Å²) in [5.74, 6) is 6.37. The Morgan fingerprint density at radius 1 is 1.04 bits per heavy atom. The molecular weight excluding hydrogens is 276 g/mol. The molecule has 0 amide bonds. The van der Waals surface area contributed by atoms with Crippen LogP contribution in [0.25, 0.3) is 0 Å². The van der Waals surface area contributed by atoms with E-state index in [0.29, 0.717) is 0 Å². The predicted molar refractivity (Wildman–Crippen MR) is 101 cm³/mol. The van der Waals surface area contributed by atoms with Gasteiger partial charge in [0.25, 0.3) is 0 Å². The van der Waals surface area contributed by atoms with Crippen molar-refractivity contribution < 1.29 is 0 Å². The second-order valence-corrected chi connectivity index (χ2v) is 8.26. The molecule has 130 valence electrons. The number of hydrogen-bond donors (Lipinski definition) is 0. The molecule has 6 unspecified atom stereocenters. The number of rotatable bonds is 3. The van der Waals surface area contributed by atoms with Gasteiger partial charge in [0.15, 0.2) is 0 Å². The van der Waals surface area contributed by atoms with E-state index >= 15 is 0 Å². The van der Waals surface area contributed by atoms with E-state index in [9.17, 15) is 0 Å². The zero-order valence-electron chi connectivity index (χ0n) is 15.8. The van der Waals surface area contributed by atoms with E-state index in [4.69, 9.17) is 0 Å². The highest BCUT2D eigenvalue weighted by Crippen LogP contribution is 2.59. The second kappa shape index (κ2) is 8.04. The summed E-state index contributed by atoms with van der Waals surface area (Å²) in [6.07, 6.45) is 22.2. The largest absolute Gasteiger partial charge is 0.0917 e. The van der Waals surface area contributed by atoms with Gasteiger partial charge in [-0.2, -0.15) is 0 Å². The molecule has 4 aliphatic rings. The highest BCUT2D eigenvalue weighted by Gasteiger charge is 2.50. The number of hydrogen-bond acceptors (Lipinski definition) is 0. The third kappa shape index (κ3) is 3.33. The molecule has 0 nitrogen and oxygen atoms in total. The van der Waals surface area contributed by atoms with Crippen LogP contribution in [0.5, 0.6) is 0 Å². The minimum atomic E-state index is 0.997. The topological polar surface area (TPSA) is 0 Å². The summed E-state index contributed by atoms with van der Waals surface area (Å²) in [4.78, 5) is 0. The summed E-state index contributed by atoms with van der Waals surface area (Å²) in [6.45, 7) is 6.16. The van der Waals surface area contributed by atoms with Crippen molar-refractivity contribution in [2.45, 2.75) is 85.0 Å². The molecule has 0 bridgehead atoms. The van der Waals surface area contributed by atoms with Gasteiger partial charge in [-0.15, -0.1) is 0 Å². The summed E-state index contributed by atoms with van der Waals surface area (Å²) in [7, 11) is 0. The monoisotopic (exact) mass is 314 g/mol. The van der Waals surface area contributed by atoms with Crippen LogP contribution in [0.1, 0.15) is 85.0 Å². The molecule has 6 atom stereocenters. The van der Waals surface area contributed by atoms with Gasteiger partial charge in [-0.25, -0.2) is 0 Å². The average molecular weight is 315 g/mol. The minimum absolute atomic E-state index is 0.997. The van der Waals surface area contributed by atoms with Crippen LogP contribution in [0.2, 0.25) is 0 Å². The Labute approximate surface area is 144 Å². The zero-order valence-corrected chi connectivity index (χ0v) is 15.8. The molecule has 0 aliphatic heterocycles. The Morgan fingerprint density at radius 2 is 1.83 bits per heavy atom. The smallest absolute Gasteiger partial charge is 0.0138 e. The Balaban J connectivity index is 0.000000753. The fourth-order valence-corrected chi connectivity index (χ4v) is 6.64. The highest BCUT2D eigenvalue weighted by molar-refractivity contribution is 5.21. The maximum atomic E-state index is 2.70. The second-order valence-electron chi connectivity index (χ2n) is 8.26. The van der Waals surface area contributed by atoms with Crippen LogP contribution in [0.4, 0.5) is 0 Å². The lowest BCUT2D eigenvalue weighted by molar-refractivity contribution is -0.0200. The predicted octanol–water partition coefficient (Wildman–Crippen LogP) is 7.17. The molecule has 3 fully saturated rings. The molecule has 4 aliphatic carbocycles. The Bertz CT molecular complexity index is 423. The van der Waals surface area contributed by atoms with Gasteiger partial charge in [0, 0.05) is 0 Å². The molecule has 0 heterocycles. The molecule has 0 aromatic carbocycles. The minimum Gasteiger partial charge on any atom is -0.0917 e. The van der Waals surface area contributed by atoms with Crippen LogP contribution in [0.3, 0.4) is 0 Å². The fraction of sp³-hybridized carbons (Fsp3) is 0.826. The molecule has 0 spiro atoms. The van der Waals surface area contributed by atoms with E-state index in [1.165, 1.54) is 38.5 Å². The lowest BCUT2D eigenvalue weighted by Crippen LogP contribution is -2.48. The van der Waals surface area contributed by atoms with Gasteiger partial charge in [0.2, 0.25) is 0 Å². The van der Waals surface area contributed by atoms with Crippen LogP contribution >= 0.6 is 0 Å². The lowest BCUT2D eigenvalue weighted by Gasteiger charge is -2.56. The summed E-state index contributed by atoms with van der Waals surface area (Å²) in [5, 5.41) is 0. The van der Waals surface area contributed by atoms with Crippen molar-refractivity contribution in [2.75, 3.05) is 0 Å². The highest BCUT2D eigenvalue weighted by atomic mass is 14.6. The van der Waals surface area contributed by atoms with Crippen molar-refractivity contribution >= 4 is 0 Å². The van der Waals surface area contributed by atoms with Gasteiger partial charge in [0.1, 0.15) is 0 Å². The van der Waals surface area contributed by atoms with Gasteiger partial charge >= 0.3 is 0 Å². The van der Waals surface area contributed by atoms with Gasteiger partial charge in [0.05, 0.1) is 0 Å². The fourth-order valence-electron chi connectivity index (χ4n) is 6.64. The van der Waals surface area contributed by atoms with Gasteiger partial charge in [-0.05, 0) is 87.4 Å². The van der Waals surface area contributed by atoms with Crippen molar-refractivity contribution in [3.05, 3.63) is 23.8 Å². The number of allylic oxidation sites excluding steroid dienone is 4. The van der Waals surface area contributed by atoms with Crippen LogP contribution in [-0.4, -0.2) is 0 Å². The van der Waals surface area contributed by atoms with E-state index in [2.05, 4.69) is 25.2 Å². The third-order valence-electron chi connectivity index (χ3n) is 7.45. The van der Waals surface area contributed by atoms with Crippen LogP contribution < -0.4 is 0 Å². The first-order valence-corrected chi connectivity index (χ1v) is 10.7. The molecular formula is C23H38. The Kier molecular flexibility index (Phi) is 6.05. The first-order chi connectivity index (χ1) is 11.4. The quantitative estimate of drug-likeness (QED) is 0.484. The van der Waals surface area contributed by atoms with E-state index < -0.39 is 0 Å².